The molecule has 1 aliphatic heterocycles. The lowest BCUT2D eigenvalue weighted by Crippen LogP contribution is -2.64. The maximum Gasteiger partial charge on any atom is 0.315 e. The van der Waals surface area contributed by atoms with Gasteiger partial charge in [0.25, 0.3) is 6.02 Å². The number of aliphatic imine (C=N–C) groups is 1. The molecule has 0 saturated carbocycles. The number of pyridine rings is 1. The van der Waals surface area contributed by atoms with Crippen LogP contribution >= 0.6 is 11.6 Å². The van der Waals surface area contributed by atoms with E-state index in [1.54, 1.807) is 20.3 Å². The van der Waals surface area contributed by atoms with Crippen molar-refractivity contribution >= 4 is 17.6 Å². The standard InChI is InChI=1S/C39H35ClF3N3O3/c1-36(2)39(42,43)37(3,33-22-25(11-20-34(33)41)26-21-30(40)24-44-23-26)49-35(45-36)46-38(27-9-7-6-8-10-27,28-12-16-31(47-4)17-13-28)29-14-18-32(48-5)19-15-29/h6-24H,1-5H3,(H,45,46)/t37-/m1/s1. The summed E-state index contributed by atoms with van der Waals surface area (Å²) in [5.41, 5.74) is -2.97. The highest BCUT2D eigenvalue weighted by atomic mass is 35.5. The van der Waals surface area contributed by atoms with Gasteiger partial charge in [-0.1, -0.05) is 72.3 Å². The van der Waals surface area contributed by atoms with Gasteiger partial charge >= 0.3 is 5.92 Å². The average Bonchev–Trinajstić information content (AvgIpc) is 3.10. The molecule has 1 aliphatic rings. The van der Waals surface area contributed by atoms with Gasteiger partial charge in [-0.3, -0.25) is 4.98 Å². The fourth-order valence-corrected chi connectivity index (χ4v) is 6.53. The zero-order valence-electron chi connectivity index (χ0n) is 27.6. The van der Waals surface area contributed by atoms with Crippen molar-refractivity contribution in [3.63, 3.8) is 0 Å². The van der Waals surface area contributed by atoms with Crippen molar-refractivity contribution in [3.05, 3.63) is 149 Å². The lowest BCUT2D eigenvalue weighted by molar-refractivity contribution is -0.217. The predicted octanol–water partition coefficient (Wildman–Crippen LogP) is 9.16. The number of benzene rings is 4. The second-order valence-electron chi connectivity index (χ2n) is 12.5. The number of ether oxygens (including phenoxy) is 3. The smallest absolute Gasteiger partial charge is 0.315 e. The first kappa shape index (κ1) is 33.9. The van der Waals surface area contributed by atoms with E-state index in [2.05, 4.69) is 15.3 Å². The van der Waals surface area contributed by atoms with Crippen molar-refractivity contribution in [2.24, 2.45) is 4.99 Å². The molecule has 0 spiro atoms. The van der Waals surface area contributed by atoms with Gasteiger partial charge in [-0.25, -0.2) is 9.38 Å². The zero-order chi connectivity index (χ0) is 35.0. The Labute approximate surface area is 288 Å². The fraction of sp³-hybridized carbons (Fsp3) is 0.231. The van der Waals surface area contributed by atoms with Crippen LogP contribution in [-0.2, 0) is 15.9 Å². The van der Waals surface area contributed by atoms with Gasteiger partial charge in [-0.2, -0.15) is 8.78 Å². The largest absolute Gasteiger partial charge is 0.497 e. The molecule has 49 heavy (non-hydrogen) atoms. The van der Waals surface area contributed by atoms with E-state index in [0.717, 1.165) is 22.8 Å². The molecule has 2 heterocycles. The van der Waals surface area contributed by atoms with Gasteiger partial charge in [0.15, 0.2) is 0 Å². The molecule has 6 rings (SSSR count). The van der Waals surface area contributed by atoms with Crippen LogP contribution in [-0.4, -0.2) is 36.7 Å². The summed E-state index contributed by atoms with van der Waals surface area (Å²) in [5, 5.41) is 3.80. The van der Waals surface area contributed by atoms with Gasteiger partial charge in [0.2, 0.25) is 5.60 Å². The lowest BCUT2D eigenvalue weighted by Gasteiger charge is -2.49. The molecule has 1 aromatic heterocycles. The van der Waals surface area contributed by atoms with Crippen molar-refractivity contribution in [3.8, 4) is 22.6 Å². The monoisotopic (exact) mass is 685 g/mol. The van der Waals surface area contributed by atoms with E-state index in [1.807, 2.05) is 78.9 Å². The molecule has 0 amide bonds. The molecular formula is C39H35ClF3N3O3. The first-order chi connectivity index (χ1) is 23.3. The van der Waals surface area contributed by atoms with Crippen LogP contribution < -0.4 is 14.8 Å². The number of halogens is 4. The number of amidine groups is 1. The summed E-state index contributed by atoms with van der Waals surface area (Å²) < 4.78 is 66.5. The maximum absolute atomic E-state index is 16.7. The summed E-state index contributed by atoms with van der Waals surface area (Å²) in [4.78, 5) is 8.58. The van der Waals surface area contributed by atoms with E-state index in [-0.39, 0.29) is 11.6 Å². The first-order valence-corrected chi connectivity index (χ1v) is 15.9. The highest BCUT2D eigenvalue weighted by Gasteiger charge is 2.67. The second-order valence-corrected chi connectivity index (χ2v) is 12.9. The molecule has 252 valence electrons. The van der Waals surface area contributed by atoms with Crippen molar-refractivity contribution in [2.45, 2.75) is 43.4 Å². The Morgan fingerprint density at radius 3 is 1.86 bits per heavy atom. The van der Waals surface area contributed by atoms with Crippen LogP contribution in [0.3, 0.4) is 0 Å². The fourth-order valence-electron chi connectivity index (χ4n) is 6.35. The quantitative estimate of drug-likeness (QED) is 0.165. The van der Waals surface area contributed by atoms with Gasteiger partial charge in [0, 0.05) is 23.5 Å². The van der Waals surface area contributed by atoms with Gasteiger partial charge in [0.1, 0.15) is 28.4 Å². The second kappa shape index (κ2) is 12.8. The molecular weight excluding hydrogens is 651 g/mol. The molecule has 6 nitrogen and oxygen atoms in total. The number of rotatable bonds is 8. The molecule has 0 bridgehead atoms. The normalized spacial score (nSPS) is 18.2. The van der Waals surface area contributed by atoms with Crippen molar-refractivity contribution in [2.75, 3.05) is 14.2 Å². The van der Waals surface area contributed by atoms with Crippen molar-refractivity contribution in [1.29, 1.82) is 0 Å². The zero-order valence-corrected chi connectivity index (χ0v) is 28.4. The highest BCUT2D eigenvalue weighted by Crippen LogP contribution is 2.53. The molecule has 0 radical (unpaired) electrons. The van der Waals surface area contributed by atoms with E-state index in [4.69, 9.17) is 25.8 Å². The first-order valence-electron chi connectivity index (χ1n) is 15.5. The third-order valence-electron chi connectivity index (χ3n) is 9.12. The number of nitrogens with zero attached hydrogens (tertiary/aromatic N) is 2. The summed E-state index contributed by atoms with van der Waals surface area (Å²) >= 11 is 6.17. The van der Waals surface area contributed by atoms with Gasteiger partial charge in [-0.05, 0) is 85.5 Å². The van der Waals surface area contributed by atoms with E-state index < -0.39 is 28.4 Å². The Hall–Kier alpha value is -5.02. The molecule has 0 fully saturated rings. The number of hydrogen-bond donors (Lipinski definition) is 1. The molecule has 1 atom stereocenters. The van der Waals surface area contributed by atoms with E-state index in [9.17, 15) is 0 Å². The highest BCUT2D eigenvalue weighted by molar-refractivity contribution is 6.30. The number of hydrogen-bond acceptors (Lipinski definition) is 6. The Kier molecular flexibility index (Phi) is 8.83. The summed E-state index contributed by atoms with van der Waals surface area (Å²) in [6.45, 7) is 3.81. The predicted molar refractivity (Wildman–Crippen MR) is 185 cm³/mol. The van der Waals surface area contributed by atoms with Crippen LogP contribution in [0.25, 0.3) is 11.1 Å². The Bertz CT molecular complexity index is 1940. The third-order valence-corrected chi connectivity index (χ3v) is 9.32. The number of aromatic nitrogens is 1. The molecule has 0 aliphatic carbocycles. The van der Waals surface area contributed by atoms with Crippen LogP contribution in [0.4, 0.5) is 13.2 Å². The summed E-state index contributed by atoms with van der Waals surface area (Å²) in [6.07, 6.45) is 2.98. The molecule has 10 heteroatoms. The topological polar surface area (TPSA) is 65.0 Å². The molecule has 5 aromatic rings. The Balaban J connectivity index is 1.56. The van der Waals surface area contributed by atoms with Crippen molar-refractivity contribution < 1.29 is 27.4 Å². The SMILES string of the molecule is COc1ccc(C(NC2=NC(C)(C)C(F)(F)[C@@](C)(c3cc(-c4cncc(Cl)c4)ccc3F)O2)(c2ccccc2)c2ccc(OC)cc2)cc1. The number of nitrogens with one attached hydrogen (secondary N) is 1. The summed E-state index contributed by atoms with van der Waals surface area (Å²) in [5.74, 6) is -3.29. The molecule has 1 N–H and O–H groups in total. The minimum Gasteiger partial charge on any atom is -0.497 e. The minimum atomic E-state index is -3.69. The van der Waals surface area contributed by atoms with Crippen LogP contribution in [0.1, 0.15) is 43.0 Å². The van der Waals surface area contributed by atoms with E-state index in [1.165, 1.54) is 45.3 Å². The minimum absolute atomic E-state index is 0.205. The van der Waals surface area contributed by atoms with Gasteiger partial charge in [0.05, 0.1) is 19.2 Å². The summed E-state index contributed by atoms with van der Waals surface area (Å²) in [7, 11) is 3.15. The number of alkyl halides is 2. The Morgan fingerprint density at radius 2 is 1.31 bits per heavy atom. The van der Waals surface area contributed by atoms with Gasteiger partial charge < -0.3 is 19.5 Å². The van der Waals surface area contributed by atoms with E-state index >= 15 is 13.2 Å². The van der Waals surface area contributed by atoms with Gasteiger partial charge in [-0.15, -0.1) is 0 Å². The van der Waals surface area contributed by atoms with Crippen LogP contribution in [0, 0.1) is 5.82 Å². The van der Waals surface area contributed by atoms with Crippen molar-refractivity contribution in [1.82, 2.24) is 10.3 Å². The third kappa shape index (κ3) is 5.86. The molecule has 4 aromatic carbocycles. The van der Waals surface area contributed by atoms with Crippen LogP contribution in [0.2, 0.25) is 5.02 Å². The average molecular weight is 686 g/mol. The molecule has 0 unspecified atom stereocenters. The number of methoxy groups -OCH3 is 2. The lowest BCUT2D eigenvalue weighted by atomic mass is 9.76. The van der Waals surface area contributed by atoms with E-state index in [0.29, 0.717) is 27.6 Å². The Morgan fingerprint density at radius 1 is 0.735 bits per heavy atom. The van der Waals surface area contributed by atoms with Crippen LogP contribution in [0.15, 0.2) is 121 Å². The summed E-state index contributed by atoms with van der Waals surface area (Å²) in [6, 6.07) is 29.7. The maximum atomic E-state index is 16.7. The molecule has 0 saturated heterocycles. The van der Waals surface area contributed by atoms with Crippen LogP contribution in [0.5, 0.6) is 11.5 Å².